The third-order valence-corrected chi connectivity index (χ3v) is 2.36. The molecule has 1 atom stereocenters. The Kier molecular flexibility index (Phi) is 2.50. The number of amides is 1. The van der Waals surface area contributed by atoms with Gasteiger partial charge in [0, 0.05) is 24.9 Å². The van der Waals surface area contributed by atoms with Gasteiger partial charge in [-0.2, -0.15) is 0 Å². The normalized spacial score (nSPS) is 23.8. The lowest BCUT2D eigenvalue weighted by Crippen LogP contribution is -2.32. The summed E-state index contributed by atoms with van der Waals surface area (Å²) in [4.78, 5) is 24.1. The zero-order chi connectivity index (χ0) is 9.30. The predicted octanol–water partition coefficient (Wildman–Crippen LogP) is 0.832. The quantitative estimate of drug-likeness (QED) is 0.614. The minimum Gasteiger partial charge on any atom is -0.340 e. The van der Waals surface area contributed by atoms with Crippen LogP contribution >= 0.6 is 0 Å². The summed E-state index contributed by atoms with van der Waals surface area (Å²) in [6.45, 7) is 6.12. The van der Waals surface area contributed by atoms with Crippen LogP contribution in [0.3, 0.4) is 0 Å². The highest BCUT2D eigenvalue weighted by molar-refractivity contribution is 5.89. The highest BCUT2D eigenvalue weighted by Gasteiger charge is 2.33. The standard InChI is InChI=1S/C9H15NO2/c1-6(2)10-5-8(7(3)11)4-9(10)12/h6,8H,4-5H2,1-3H3. The second-order valence-electron chi connectivity index (χ2n) is 3.65. The van der Waals surface area contributed by atoms with Gasteiger partial charge in [0.25, 0.3) is 0 Å². The second kappa shape index (κ2) is 3.25. The van der Waals surface area contributed by atoms with Crippen molar-refractivity contribution >= 4 is 11.7 Å². The minimum absolute atomic E-state index is 0.0556. The van der Waals surface area contributed by atoms with E-state index in [2.05, 4.69) is 0 Å². The lowest BCUT2D eigenvalue weighted by Gasteiger charge is -2.20. The first kappa shape index (κ1) is 9.23. The van der Waals surface area contributed by atoms with Gasteiger partial charge in [0.05, 0.1) is 0 Å². The van der Waals surface area contributed by atoms with E-state index in [1.54, 1.807) is 11.8 Å². The molecule has 0 bridgehead atoms. The highest BCUT2D eigenvalue weighted by Crippen LogP contribution is 2.20. The summed E-state index contributed by atoms with van der Waals surface area (Å²) in [5.74, 6) is 0.191. The van der Waals surface area contributed by atoms with Crippen molar-refractivity contribution in [2.24, 2.45) is 5.92 Å². The molecule has 0 aliphatic carbocycles. The number of nitrogens with zero attached hydrogens (tertiary/aromatic N) is 1. The van der Waals surface area contributed by atoms with Crippen molar-refractivity contribution in [1.29, 1.82) is 0 Å². The number of carbonyl (C=O) groups is 2. The number of ketones is 1. The van der Waals surface area contributed by atoms with Crippen LogP contribution in [0.4, 0.5) is 0 Å². The third-order valence-electron chi connectivity index (χ3n) is 2.36. The number of likely N-dealkylation sites (tertiary alicyclic amines) is 1. The average Bonchev–Trinajstić information content (AvgIpc) is 2.30. The molecular weight excluding hydrogens is 154 g/mol. The van der Waals surface area contributed by atoms with E-state index in [9.17, 15) is 9.59 Å². The fourth-order valence-electron chi connectivity index (χ4n) is 1.50. The summed E-state index contributed by atoms with van der Waals surface area (Å²) in [6, 6.07) is 0.224. The van der Waals surface area contributed by atoms with Gasteiger partial charge in [0.2, 0.25) is 5.91 Å². The molecule has 1 amide bonds. The Morgan fingerprint density at radius 3 is 2.42 bits per heavy atom. The molecule has 1 fully saturated rings. The monoisotopic (exact) mass is 169 g/mol. The summed E-state index contributed by atoms with van der Waals surface area (Å²) >= 11 is 0. The number of rotatable bonds is 2. The first-order valence-electron chi connectivity index (χ1n) is 4.32. The molecule has 3 heteroatoms. The number of hydrogen-bond donors (Lipinski definition) is 0. The SMILES string of the molecule is CC(=O)C1CC(=O)N(C(C)C)C1. The van der Waals surface area contributed by atoms with E-state index in [-0.39, 0.29) is 23.7 Å². The lowest BCUT2D eigenvalue weighted by atomic mass is 10.1. The van der Waals surface area contributed by atoms with Crippen molar-refractivity contribution in [3.05, 3.63) is 0 Å². The van der Waals surface area contributed by atoms with Gasteiger partial charge in [0.1, 0.15) is 5.78 Å². The molecule has 1 unspecified atom stereocenters. The summed E-state index contributed by atoms with van der Waals surface area (Å²) in [7, 11) is 0. The summed E-state index contributed by atoms with van der Waals surface area (Å²) in [5, 5.41) is 0. The Balaban J connectivity index is 2.62. The molecular formula is C9H15NO2. The second-order valence-corrected chi connectivity index (χ2v) is 3.65. The van der Waals surface area contributed by atoms with Crippen molar-refractivity contribution in [1.82, 2.24) is 4.90 Å². The Hall–Kier alpha value is -0.860. The first-order valence-corrected chi connectivity index (χ1v) is 4.32. The summed E-state index contributed by atoms with van der Waals surface area (Å²) < 4.78 is 0. The molecule has 3 nitrogen and oxygen atoms in total. The van der Waals surface area contributed by atoms with Gasteiger partial charge in [-0.05, 0) is 20.8 Å². The zero-order valence-corrected chi connectivity index (χ0v) is 7.83. The van der Waals surface area contributed by atoms with Crippen LogP contribution in [0.15, 0.2) is 0 Å². The molecule has 1 aliphatic heterocycles. The maximum absolute atomic E-state index is 11.3. The Morgan fingerprint density at radius 2 is 2.17 bits per heavy atom. The maximum atomic E-state index is 11.3. The maximum Gasteiger partial charge on any atom is 0.223 e. The van der Waals surface area contributed by atoms with E-state index < -0.39 is 0 Å². The number of carbonyl (C=O) groups excluding carboxylic acids is 2. The predicted molar refractivity (Wildman–Crippen MR) is 45.6 cm³/mol. The number of Topliss-reactive ketones (excluding diaryl/α,β-unsaturated/α-hetero) is 1. The van der Waals surface area contributed by atoms with Gasteiger partial charge in [-0.1, -0.05) is 0 Å². The van der Waals surface area contributed by atoms with Crippen LogP contribution in [-0.2, 0) is 9.59 Å². The van der Waals surface area contributed by atoms with E-state index in [4.69, 9.17) is 0 Å². The van der Waals surface area contributed by atoms with Crippen molar-refractivity contribution in [3.63, 3.8) is 0 Å². The highest BCUT2D eigenvalue weighted by atomic mass is 16.2. The molecule has 1 aliphatic rings. The molecule has 0 aromatic heterocycles. The molecule has 1 heterocycles. The van der Waals surface area contributed by atoms with Crippen LogP contribution in [0, 0.1) is 5.92 Å². The van der Waals surface area contributed by atoms with Crippen molar-refractivity contribution in [3.8, 4) is 0 Å². The largest absolute Gasteiger partial charge is 0.340 e. The fraction of sp³-hybridized carbons (Fsp3) is 0.778. The van der Waals surface area contributed by atoms with E-state index in [0.717, 1.165) is 0 Å². The smallest absolute Gasteiger partial charge is 0.223 e. The molecule has 0 saturated carbocycles. The zero-order valence-electron chi connectivity index (χ0n) is 7.83. The van der Waals surface area contributed by atoms with E-state index in [1.165, 1.54) is 0 Å². The molecule has 0 N–H and O–H groups in total. The van der Waals surface area contributed by atoms with Gasteiger partial charge in [-0.15, -0.1) is 0 Å². The minimum atomic E-state index is -0.0556. The van der Waals surface area contributed by atoms with Crippen LogP contribution in [0.5, 0.6) is 0 Å². The van der Waals surface area contributed by atoms with Crippen LogP contribution in [0.2, 0.25) is 0 Å². The third kappa shape index (κ3) is 1.65. The molecule has 68 valence electrons. The Labute approximate surface area is 72.7 Å². The van der Waals surface area contributed by atoms with Crippen molar-refractivity contribution in [2.75, 3.05) is 6.54 Å². The summed E-state index contributed by atoms with van der Waals surface area (Å²) in [5.41, 5.74) is 0. The lowest BCUT2D eigenvalue weighted by molar-refractivity contribution is -0.129. The van der Waals surface area contributed by atoms with E-state index >= 15 is 0 Å². The molecule has 1 saturated heterocycles. The molecule has 0 radical (unpaired) electrons. The van der Waals surface area contributed by atoms with Crippen molar-refractivity contribution in [2.45, 2.75) is 33.2 Å². The first-order chi connectivity index (χ1) is 5.52. The van der Waals surface area contributed by atoms with Crippen LogP contribution in [0.1, 0.15) is 27.2 Å². The van der Waals surface area contributed by atoms with Gasteiger partial charge in [-0.25, -0.2) is 0 Å². The van der Waals surface area contributed by atoms with Gasteiger partial charge < -0.3 is 4.90 Å². The fourth-order valence-corrected chi connectivity index (χ4v) is 1.50. The molecule has 0 aromatic rings. The Morgan fingerprint density at radius 1 is 1.58 bits per heavy atom. The molecule has 1 rings (SSSR count). The average molecular weight is 169 g/mol. The van der Waals surface area contributed by atoms with Gasteiger partial charge >= 0.3 is 0 Å². The van der Waals surface area contributed by atoms with Gasteiger partial charge in [0.15, 0.2) is 0 Å². The number of hydrogen-bond acceptors (Lipinski definition) is 2. The molecule has 12 heavy (non-hydrogen) atoms. The van der Waals surface area contributed by atoms with Gasteiger partial charge in [-0.3, -0.25) is 9.59 Å². The topological polar surface area (TPSA) is 37.4 Å². The van der Waals surface area contributed by atoms with Crippen LogP contribution in [-0.4, -0.2) is 29.2 Å². The van der Waals surface area contributed by atoms with E-state index in [0.29, 0.717) is 13.0 Å². The Bertz CT molecular complexity index is 211. The molecule has 0 aromatic carbocycles. The summed E-state index contributed by atoms with van der Waals surface area (Å²) in [6.07, 6.45) is 0.410. The molecule has 0 spiro atoms. The van der Waals surface area contributed by atoms with Crippen LogP contribution in [0.25, 0.3) is 0 Å². The van der Waals surface area contributed by atoms with Crippen LogP contribution < -0.4 is 0 Å². The van der Waals surface area contributed by atoms with Crippen molar-refractivity contribution < 1.29 is 9.59 Å². The van der Waals surface area contributed by atoms with E-state index in [1.807, 2.05) is 13.8 Å².